The lowest BCUT2D eigenvalue weighted by Gasteiger charge is -2.13. The molecule has 0 saturated heterocycles. The van der Waals surface area contributed by atoms with Crippen LogP contribution < -0.4 is 10.6 Å². The summed E-state index contributed by atoms with van der Waals surface area (Å²) in [7, 11) is 0. The number of aliphatic imine (C=N–C) groups is 1. The van der Waals surface area contributed by atoms with Crippen LogP contribution in [0, 0.1) is 0 Å². The summed E-state index contributed by atoms with van der Waals surface area (Å²) in [6, 6.07) is 9.07. The van der Waals surface area contributed by atoms with Crippen molar-refractivity contribution in [2.45, 2.75) is 26.0 Å². The Bertz CT molecular complexity index is 618. The van der Waals surface area contributed by atoms with Crippen molar-refractivity contribution in [1.82, 2.24) is 20.4 Å². The Balaban J connectivity index is 0.00000312. The Morgan fingerprint density at radius 3 is 2.72 bits per heavy atom. The third-order valence-electron chi connectivity index (χ3n) is 3.44. The monoisotopic (exact) mass is 477 g/mol. The Morgan fingerprint density at radius 1 is 1.32 bits per heavy atom. The summed E-state index contributed by atoms with van der Waals surface area (Å²) in [6.07, 6.45) is 4.01. The molecule has 0 aliphatic rings. The molecule has 0 saturated carbocycles. The quantitative estimate of drug-likeness (QED) is 0.237. The average Bonchev–Trinajstić information content (AvgIpc) is 3.10. The van der Waals surface area contributed by atoms with Gasteiger partial charge in [0.2, 0.25) is 0 Å². The maximum absolute atomic E-state index is 10.2. The Labute approximate surface area is 170 Å². The normalized spacial score (nSPS) is 12.4. The van der Waals surface area contributed by atoms with Crippen molar-refractivity contribution in [3.8, 4) is 0 Å². The topological polar surface area (TPSA) is 74.5 Å². The van der Waals surface area contributed by atoms with Gasteiger partial charge < -0.3 is 15.7 Å². The van der Waals surface area contributed by atoms with Gasteiger partial charge in [0, 0.05) is 37.1 Å². The second kappa shape index (κ2) is 12.1. The number of hydrogen-bond acceptors (Lipinski definition) is 3. The molecule has 0 bridgehead atoms. The zero-order valence-corrected chi connectivity index (χ0v) is 17.3. The number of aliphatic hydroxyl groups excluding tert-OH is 1. The van der Waals surface area contributed by atoms with Crippen LogP contribution in [0.15, 0.2) is 47.7 Å². The molecule has 0 amide bonds. The first-order chi connectivity index (χ1) is 11.7. The molecule has 2 aromatic rings. The van der Waals surface area contributed by atoms with E-state index in [1.165, 1.54) is 0 Å². The summed E-state index contributed by atoms with van der Waals surface area (Å²) in [5.74, 6) is 0.700. The fourth-order valence-electron chi connectivity index (χ4n) is 2.19. The van der Waals surface area contributed by atoms with Crippen LogP contribution in [0.1, 0.15) is 25.0 Å². The third-order valence-corrected chi connectivity index (χ3v) is 3.69. The largest absolute Gasteiger partial charge is 0.386 e. The van der Waals surface area contributed by atoms with E-state index in [2.05, 4.69) is 20.7 Å². The van der Waals surface area contributed by atoms with E-state index in [0.717, 1.165) is 31.6 Å². The lowest BCUT2D eigenvalue weighted by Crippen LogP contribution is -2.38. The molecular weight excluding hydrogens is 453 g/mol. The molecule has 2 rings (SSSR count). The second-order valence-corrected chi connectivity index (χ2v) is 5.77. The van der Waals surface area contributed by atoms with Crippen LogP contribution in [0.25, 0.3) is 0 Å². The number of aryl methyl sites for hydroxylation is 1. The first kappa shape index (κ1) is 21.7. The van der Waals surface area contributed by atoms with Gasteiger partial charge in [0.05, 0.1) is 12.6 Å². The van der Waals surface area contributed by atoms with Gasteiger partial charge in [-0.25, -0.2) is 0 Å². The van der Waals surface area contributed by atoms with Crippen molar-refractivity contribution >= 4 is 41.5 Å². The fourth-order valence-corrected chi connectivity index (χ4v) is 2.32. The van der Waals surface area contributed by atoms with E-state index < -0.39 is 6.10 Å². The fraction of sp³-hybridized carbons (Fsp3) is 0.412. The molecule has 0 aliphatic heterocycles. The van der Waals surface area contributed by atoms with Gasteiger partial charge in [0.15, 0.2) is 5.96 Å². The number of benzene rings is 1. The summed E-state index contributed by atoms with van der Waals surface area (Å²) >= 11 is 5.86. The lowest BCUT2D eigenvalue weighted by molar-refractivity contribution is 0.187. The lowest BCUT2D eigenvalue weighted by atomic mass is 10.1. The first-order valence-corrected chi connectivity index (χ1v) is 8.50. The number of aliphatic hydroxyl groups is 1. The first-order valence-electron chi connectivity index (χ1n) is 8.12. The number of nitrogens with one attached hydrogen (secondary N) is 2. The van der Waals surface area contributed by atoms with Crippen molar-refractivity contribution in [3.05, 3.63) is 53.3 Å². The summed E-state index contributed by atoms with van der Waals surface area (Å²) in [4.78, 5) is 4.44. The molecule has 3 N–H and O–H groups in total. The summed E-state index contributed by atoms with van der Waals surface area (Å²) in [5, 5.41) is 21.5. The number of guanidine groups is 1. The molecule has 0 radical (unpaired) electrons. The smallest absolute Gasteiger partial charge is 0.191 e. The highest BCUT2D eigenvalue weighted by Gasteiger charge is 2.07. The van der Waals surface area contributed by atoms with Gasteiger partial charge in [-0.1, -0.05) is 23.7 Å². The van der Waals surface area contributed by atoms with Gasteiger partial charge in [-0.3, -0.25) is 9.67 Å². The molecule has 1 unspecified atom stereocenters. The highest BCUT2D eigenvalue weighted by molar-refractivity contribution is 14.0. The van der Waals surface area contributed by atoms with Gasteiger partial charge in [-0.15, -0.1) is 24.0 Å². The molecule has 138 valence electrons. The van der Waals surface area contributed by atoms with Gasteiger partial charge >= 0.3 is 0 Å². The second-order valence-electron chi connectivity index (χ2n) is 5.34. The summed E-state index contributed by atoms with van der Waals surface area (Å²) in [5.41, 5.74) is 0.803. The molecule has 1 atom stereocenters. The van der Waals surface area contributed by atoms with E-state index in [0.29, 0.717) is 11.0 Å². The van der Waals surface area contributed by atoms with Crippen molar-refractivity contribution in [2.24, 2.45) is 4.99 Å². The van der Waals surface area contributed by atoms with Crippen molar-refractivity contribution < 1.29 is 5.11 Å². The molecule has 1 aromatic carbocycles. The third kappa shape index (κ3) is 8.06. The minimum Gasteiger partial charge on any atom is -0.386 e. The van der Waals surface area contributed by atoms with E-state index in [-0.39, 0.29) is 30.5 Å². The molecule has 0 spiro atoms. The average molecular weight is 478 g/mol. The van der Waals surface area contributed by atoms with Gasteiger partial charge in [-0.05, 0) is 37.1 Å². The van der Waals surface area contributed by atoms with Crippen LogP contribution in [-0.2, 0) is 6.54 Å². The maximum atomic E-state index is 10.2. The predicted octanol–water partition coefficient (Wildman–Crippen LogP) is 2.83. The van der Waals surface area contributed by atoms with Gasteiger partial charge in [0.1, 0.15) is 0 Å². The number of hydrogen-bond donors (Lipinski definition) is 3. The van der Waals surface area contributed by atoms with Crippen LogP contribution in [0.2, 0.25) is 5.02 Å². The molecule has 6 nitrogen and oxygen atoms in total. The Morgan fingerprint density at radius 2 is 2.08 bits per heavy atom. The Kier molecular flexibility index (Phi) is 10.5. The molecule has 25 heavy (non-hydrogen) atoms. The van der Waals surface area contributed by atoms with Crippen molar-refractivity contribution in [1.29, 1.82) is 0 Å². The van der Waals surface area contributed by atoms with Crippen LogP contribution in [0.5, 0.6) is 0 Å². The molecule has 0 fully saturated rings. The number of nitrogens with zero attached hydrogens (tertiary/aromatic N) is 3. The number of rotatable bonds is 8. The summed E-state index contributed by atoms with van der Waals surface area (Å²) < 4.78 is 1.90. The van der Waals surface area contributed by atoms with Crippen molar-refractivity contribution in [3.63, 3.8) is 0 Å². The van der Waals surface area contributed by atoms with E-state index in [1.54, 1.807) is 18.3 Å². The minimum atomic E-state index is -0.651. The van der Waals surface area contributed by atoms with E-state index in [9.17, 15) is 5.11 Å². The van der Waals surface area contributed by atoms with Crippen LogP contribution in [0.3, 0.4) is 0 Å². The molecule has 1 aromatic heterocycles. The zero-order chi connectivity index (χ0) is 17.2. The van der Waals surface area contributed by atoms with Crippen LogP contribution in [0.4, 0.5) is 0 Å². The van der Waals surface area contributed by atoms with E-state index in [4.69, 9.17) is 11.6 Å². The summed E-state index contributed by atoms with van der Waals surface area (Å²) in [6.45, 7) is 4.70. The Hall–Kier alpha value is -1.32. The highest BCUT2D eigenvalue weighted by Crippen LogP contribution is 2.16. The van der Waals surface area contributed by atoms with Gasteiger partial charge in [0.25, 0.3) is 0 Å². The standard InChI is InChI=1S/C17H24ClN5O.HI/c1-2-19-17(20-9-3-11-23-12-4-10-22-23)21-13-16(24)14-5-7-15(18)8-6-14;/h4-8,10,12,16,24H,2-3,9,11,13H2,1H3,(H2,19,20,21);1H. The molecule has 0 aliphatic carbocycles. The van der Waals surface area contributed by atoms with Gasteiger partial charge in [-0.2, -0.15) is 5.10 Å². The van der Waals surface area contributed by atoms with Crippen LogP contribution in [-0.4, -0.2) is 40.5 Å². The molecule has 8 heteroatoms. The van der Waals surface area contributed by atoms with Crippen LogP contribution >= 0.6 is 35.6 Å². The number of aromatic nitrogens is 2. The molecular formula is C17H25ClIN5O. The highest BCUT2D eigenvalue weighted by atomic mass is 127. The minimum absolute atomic E-state index is 0. The van der Waals surface area contributed by atoms with Crippen molar-refractivity contribution in [2.75, 3.05) is 19.6 Å². The van der Waals surface area contributed by atoms with E-state index in [1.807, 2.05) is 36.0 Å². The number of halogens is 2. The molecule has 1 heterocycles. The van der Waals surface area contributed by atoms with E-state index >= 15 is 0 Å². The maximum Gasteiger partial charge on any atom is 0.191 e. The zero-order valence-electron chi connectivity index (χ0n) is 14.2. The SMILES string of the molecule is CCNC(=NCC(O)c1ccc(Cl)cc1)NCCCn1cccn1.I. The predicted molar refractivity (Wildman–Crippen MR) is 113 cm³/mol.